The molecule has 0 bridgehead atoms. The first kappa shape index (κ1) is 11.4. The third-order valence-electron chi connectivity index (χ3n) is 2.20. The molecule has 0 spiro atoms. The van der Waals surface area contributed by atoms with Crippen LogP contribution >= 0.6 is 11.6 Å². The molecule has 4 nitrogen and oxygen atoms in total. The van der Waals surface area contributed by atoms with Crippen LogP contribution in [0.2, 0.25) is 5.02 Å². The average Bonchev–Trinajstić information content (AvgIpc) is 2.38. The van der Waals surface area contributed by atoms with Gasteiger partial charge in [0.25, 0.3) is 0 Å². The first-order valence-corrected chi connectivity index (χ1v) is 5.35. The topological polar surface area (TPSA) is 61.6 Å². The average molecular weight is 245 g/mol. The van der Waals surface area contributed by atoms with Gasteiger partial charge in [-0.3, -0.25) is 0 Å². The van der Waals surface area contributed by atoms with E-state index in [1.807, 2.05) is 0 Å². The van der Waals surface area contributed by atoms with Gasteiger partial charge in [-0.2, -0.15) is 5.26 Å². The smallest absolute Gasteiger partial charge is 0.115 e. The van der Waals surface area contributed by atoms with Crippen molar-refractivity contribution in [3.05, 3.63) is 53.1 Å². The van der Waals surface area contributed by atoms with Gasteiger partial charge >= 0.3 is 0 Å². The molecule has 0 saturated carbocycles. The van der Waals surface area contributed by atoms with Gasteiger partial charge in [-0.25, -0.2) is 9.97 Å². The zero-order valence-corrected chi connectivity index (χ0v) is 9.65. The van der Waals surface area contributed by atoms with Gasteiger partial charge < -0.3 is 5.32 Å². The number of nitriles is 1. The van der Waals surface area contributed by atoms with Crippen molar-refractivity contribution in [1.82, 2.24) is 9.97 Å². The van der Waals surface area contributed by atoms with Crippen LogP contribution in [0.3, 0.4) is 0 Å². The summed E-state index contributed by atoms with van der Waals surface area (Å²) in [7, 11) is 0. The molecule has 0 unspecified atom stereocenters. The predicted octanol–water partition coefficient (Wildman–Crippen LogP) is 2.61. The molecule has 1 N–H and O–H groups in total. The van der Waals surface area contributed by atoms with E-state index in [1.54, 1.807) is 30.6 Å². The Balaban J connectivity index is 2.14. The van der Waals surface area contributed by atoms with Gasteiger partial charge in [-0.1, -0.05) is 11.6 Å². The van der Waals surface area contributed by atoms with E-state index >= 15 is 0 Å². The number of hydrogen-bond acceptors (Lipinski definition) is 4. The van der Waals surface area contributed by atoms with Crippen molar-refractivity contribution in [2.75, 3.05) is 5.32 Å². The summed E-state index contributed by atoms with van der Waals surface area (Å²) in [6, 6.07) is 7.21. The van der Waals surface area contributed by atoms with Crippen LogP contribution in [-0.4, -0.2) is 9.97 Å². The third-order valence-corrected chi connectivity index (χ3v) is 2.43. The van der Waals surface area contributed by atoms with Gasteiger partial charge in [0.05, 0.1) is 11.3 Å². The van der Waals surface area contributed by atoms with Crippen LogP contribution in [0, 0.1) is 11.3 Å². The molecular weight excluding hydrogens is 236 g/mol. The predicted molar refractivity (Wildman–Crippen MR) is 65.5 cm³/mol. The lowest BCUT2D eigenvalue weighted by molar-refractivity contribution is 1.05. The van der Waals surface area contributed by atoms with Crippen LogP contribution in [0.15, 0.2) is 36.9 Å². The Labute approximate surface area is 104 Å². The number of aromatic nitrogens is 2. The summed E-state index contributed by atoms with van der Waals surface area (Å²) in [4.78, 5) is 7.83. The molecule has 5 heteroatoms. The van der Waals surface area contributed by atoms with Crippen molar-refractivity contribution in [3.8, 4) is 6.07 Å². The van der Waals surface area contributed by atoms with Crippen LogP contribution in [0.5, 0.6) is 0 Å². The van der Waals surface area contributed by atoms with Gasteiger partial charge in [0, 0.05) is 29.5 Å². The molecule has 2 rings (SSSR count). The lowest BCUT2D eigenvalue weighted by atomic mass is 10.2. The lowest BCUT2D eigenvalue weighted by Crippen LogP contribution is -2.02. The van der Waals surface area contributed by atoms with Crippen molar-refractivity contribution in [2.45, 2.75) is 6.54 Å². The summed E-state index contributed by atoms with van der Waals surface area (Å²) in [5, 5.41) is 12.7. The monoisotopic (exact) mass is 244 g/mol. The van der Waals surface area contributed by atoms with Gasteiger partial charge in [0.15, 0.2) is 0 Å². The van der Waals surface area contributed by atoms with Crippen LogP contribution in [-0.2, 0) is 6.54 Å². The fourth-order valence-corrected chi connectivity index (χ4v) is 1.55. The number of anilines is 1. The SMILES string of the molecule is N#Cc1ccc(Cl)cc1NCc1cncnc1. The maximum Gasteiger partial charge on any atom is 0.115 e. The second-order valence-corrected chi connectivity index (χ2v) is 3.84. The highest BCUT2D eigenvalue weighted by Gasteiger charge is 2.02. The Morgan fingerprint density at radius 1 is 1.29 bits per heavy atom. The van der Waals surface area contributed by atoms with E-state index in [9.17, 15) is 0 Å². The minimum Gasteiger partial charge on any atom is -0.380 e. The highest BCUT2D eigenvalue weighted by molar-refractivity contribution is 6.30. The summed E-state index contributed by atoms with van der Waals surface area (Å²) in [5.74, 6) is 0. The molecule has 0 fully saturated rings. The largest absolute Gasteiger partial charge is 0.380 e. The fourth-order valence-electron chi connectivity index (χ4n) is 1.38. The second-order valence-electron chi connectivity index (χ2n) is 3.40. The summed E-state index contributed by atoms with van der Waals surface area (Å²) >= 11 is 5.88. The fraction of sp³-hybridized carbons (Fsp3) is 0.0833. The minimum absolute atomic E-state index is 0.551. The van der Waals surface area contributed by atoms with Crippen molar-refractivity contribution in [3.63, 3.8) is 0 Å². The van der Waals surface area contributed by atoms with E-state index in [2.05, 4.69) is 21.4 Å². The Kier molecular flexibility index (Phi) is 3.53. The molecule has 0 radical (unpaired) electrons. The molecule has 0 atom stereocenters. The Morgan fingerprint density at radius 3 is 2.76 bits per heavy atom. The molecule has 0 saturated heterocycles. The van der Waals surface area contributed by atoms with E-state index in [0.29, 0.717) is 22.8 Å². The zero-order chi connectivity index (χ0) is 12.1. The molecule has 84 valence electrons. The maximum atomic E-state index is 8.95. The maximum absolute atomic E-state index is 8.95. The van der Waals surface area contributed by atoms with Crippen LogP contribution in [0.1, 0.15) is 11.1 Å². The summed E-state index contributed by atoms with van der Waals surface area (Å²) < 4.78 is 0. The lowest BCUT2D eigenvalue weighted by Gasteiger charge is -2.08. The van der Waals surface area contributed by atoms with E-state index in [4.69, 9.17) is 16.9 Å². The van der Waals surface area contributed by atoms with Crippen LogP contribution < -0.4 is 5.32 Å². The van der Waals surface area contributed by atoms with E-state index < -0.39 is 0 Å². The number of benzene rings is 1. The molecule has 0 aliphatic carbocycles. The normalized spacial score (nSPS) is 9.65. The Morgan fingerprint density at radius 2 is 2.06 bits per heavy atom. The van der Waals surface area contributed by atoms with Crippen molar-refractivity contribution in [2.24, 2.45) is 0 Å². The van der Waals surface area contributed by atoms with E-state index in [0.717, 1.165) is 5.56 Å². The van der Waals surface area contributed by atoms with Crippen LogP contribution in [0.4, 0.5) is 5.69 Å². The Hall–Kier alpha value is -2.12. The highest BCUT2D eigenvalue weighted by atomic mass is 35.5. The second kappa shape index (κ2) is 5.28. The van der Waals surface area contributed by atoms with E-state index in [-0.39, 0.29) is 0 Å². The number of nitrogens with one attached hydrogen (secondary N) is 1. The highest BCUT2D eigenvalue weighted by Crippen LogP contribution is 2.20. The van der Waals surface area contributed by atoms with Gasteiger partial charge in [0.2, 0.25) is 0 Å². The molecule has 0 amide bonds. The molecule has 17 heavy (non-hydrogen) atoms. The minimum atomic E-state index is 0.551. The van der Waals surface area contributed by atoms with E-state index in [1.165, 1.54) is 6.33 Å². The molecule has 2 aromatic rings. The van der Waals surface area contributed by atoms with Gasteiger partial charge in [0.1, 0.15) is 12.4 Å². The molecule has 1 aromatic carbocycles. The zero-order valence-electron chi connectivity index (χ0n) is 8.89. The summed E-state index contributed by atoms with van der Waals surface area (Å²) in [6.45, 7) is 0.551. The van der Waals surface area contributed by atoms with Crippen molar-refractivity contribution >= 4 is 17.3 Å². The standard InChI is InChI=1S/C12H9ClN4/c13-11-2-1-10(4-14)12(3-11)17-7-9-5-15-8-16-6-9/h1-3,5-6,8,17H,7H2. The number of hydrogen-bond donors (Lipinski definition) is 1. The van der Waals surface area contributed by atoms with Gasteiger partial charge in [-0.05, 0) is 18.2 Å². The van der Waals surface area contributed by atoms with Crippen molar-refractivity contribution < 1.29 is 0 Å². The molecule has 0 aliphatic rings. The molecule has 1 heterocycles. The Bertz CT molecular complexity index is 548. The van der Waals surface area contributed by atoms with Gasteiger partial charge in [-0.15, -0.1) is 0 Å². The summed E-state index contributed by atoms with van der Waals surface area (Å²) in [6.07, 6.45) is 4.91. The first-order chi connectivity index (χ1) is 8.29. The third kappa shape index (κ3) is 2.92. The van der Waals surface area contributed by atoms with Crippen molar-refractivity contribution in [1.29, 1.82) is 5.26 Å². The summed E-state index contributed by atoms with van der Waals surface area (Å²) in [5.41, 5.74) is 2.21. The molecule has 1 aromatic heterocycles. The molecular formula is C12H9ClN4. The molecule has 0 aliphatic heterocycles. The number of nitrogens with zero attached hydrogens (tertiary/aromatic N) is 3. The number of rotatable bonds is 3. The first-order valence-electron chi connectivity index (χ1n) is 4.97. The van der Waals surface area contributed by atoms with Crippen LogP contribution in [0.25, 0.3) is 0 Å². The number of halogens is 1. The quantitative estimate of drug-likeness (QED) is 0.902.